The van der Waals surface area contributed by atoms with E-state index in [1.54, 1.807) is 7.11 Å². The van der Waals surface area contributed by atoms with Gasteiger partial charge in [0, 0.05) is 18.2 Å². The third-order valence-corrected chi connectivity index (χ3v) is 4.01. The Kier molecular flexibility index (Phi) is 8.96. The standard InChI is InChI=1S/C17H26ClN3O3S/c1-10(2)13-7-14(18)11(3)6-15(13)24-9-16(22)20-21-17(25)19-12(4)8-23-5/h6-7,10,12H,8-9H2,1-5H3,(H,20,22)(H2,19,21,25)/t12-/m1/s1. The molecular formula is C17H26ClN3O3S. The van der Waals surface area contributed by atoms with Gasteiger partial charge in [0.15, 0.2) is 11.7 Å². The Labute approximate surface area is 159 Å². The molecule has 1 rings (SSSR count). The van der Waals surface area contributed by atoms with Gasteiger partial charge in [0.25, 0.3) is 5.91 Å². The van der Waals surface area contributed by atoms with Gasteiger partial charge in [-0.2, -0.15) is 0 Å². The first kappa shape index (κ1) is 21.5. The summed E-state index contributed by atoms with van der Waals surface area (Å²) in [6.07, 6.45) is 0. The Hall–Kier alpha value is -1.57. The summed E-state index contributed by atoms with van der Waals surface area (Å²) in [5, 5.41) is 3.97. The van der Waals surface area contributed by atoms with Gasteiger partial charge in [0.05, 0.1) is 6.61 Å². The maximum atomic E-state index is 11.9. The van der Waals surface area contributed by atoms with Crippen LogP contribution in [0.2, 0.25) is 5.02 Å². The van der Waals surface area contributed by atoms with Crippen LogP contribution in [0.25, 0.3) is 0 Å². The monoisotopic (exact) mass is 387 g/mol. The molecule has 0 saturated heterocycles. The first-order chi connectivity index (χ1) is 11.7. The summed E-state index contributed by atoms with van der Waals surface area (Å²) in [5.41, 5.74) is 6.98. The Morgan fingerprint density at radius 2 is 1.96 bits per heavy atom. The number of nitrogens with one attached hydrogen (secondary N) is 3. The molecule has 0 fully saturated rings. The number of hydrazine groups is 1. The maximum Gasteiger partial charge on any atom is 0.276 e. The number of thiocarbonyl (C=S) groups is 1. The van der Waals surface area contributed by atoms with Gasteiger partial charge in [-0.15, -0.1) is 0 Å². The molecule has 1 atom stereocenters. The Bertz CT molecular complexity index is 611. The SMILES string of the molecule is COC[C@@H](C)NC(=S)NNC(=O)COc1cc(C)c(Cl)cc1C(C)C. The average Bonchev–Trinajstić information content (AvgIpc) is 2.53. The van der Waals surface area contributed by atoms with Crippen LogP contribution in [0.1, 0.15) is 37.8 Å². The lowest BCUT2D eigenvalue weighted by Gasteiger charge is -2.18. The van der Waals surface area contributed by atoms with Crippen LogP contribution in [0.3, 0.4) is 0 Å². The molecule has 0 bridgehead atoms. The number of aryl methyl sites for hydroxylation is 1. The lowest BCUT2D eigenvalue weighted by atomic mass is 10.0. The summed E-state index contributed by atoms with van der Waals surface area (Å²) in [7, 11) is 1.61. The molecule has 0 aliphatic carbocycles. The summed E-state index contributed by atoms with van der Waals surface area (Å²) < 4.78 is 10.7. The van der Waals surface area contributed by atoms with Crippen LogP contribution in [0.15, 0.2) is 12.1 Å². The second kappa shape index (κ2) is 10.4. The van der Waals surface area contributed by atoms with Crippen molar-refractivity contribution in [2.45, 2.75) is 39.7 Å². The third-order valence-electron chi connectivity index (χ3n) is 3.38. The lowest BCUT2D eigenvalue weighted by molar-refractivity contribution is -0.123. The summed E-state index contributed by atoms with van der Waals surface area (Å²) in [4.78, 5) is 11.9. The Morgan fingerprint density at radius 1 is 1.28 bits per heavy atom. The number of amides is 1. The van der Waals surface area contributed by atoms with Crippen LogP contribution in [-0.4, -0.2) is 37.4 Å². The summed E-state index contributed by atoms with van der Waals surface area (Å²) in [5.74, 6) is 0.542. The van der Waals surface area contributed by atoms with Crippen LogP contribution in [-0.2, 0) is 9.53 Å². The van der Waals surface area contributed by atoms with Crippen molar-refractivity contribution in [3.63, 3.8) is 0 Å². The van der Waals surface area contributed by atoms with Crippen molar-refractivity contribution < 1.29 is 14.3 Å². The molecular weight excluding hydrogens is 362 g/mol. The molecule has 1 aromatic rings. The van der Waals surface area contributed by atoms with Crippen LogP contribution in [0.5, 0.6) is 5.75 Å². The molecule has 140 valence electrons. The highest BCUT2D eigenvalue weighted by atomic mass is 35.5. The number of methoxy groups -OCH3 is 1. The molecule has 0 aliphatic heterocycles. The number of hydrogen-bond acceptors (Lipinski definition) is 4. The fraction of sp³-hybridized carbons (Fsp3) is 0.529. The number of ether oxygens (including phenoxy) is 2. The first-order valence-electron chi connectivity index (χ1n) is 8.01. The number of carbonyl (C=O) groups excluding carboxylic acids is 1. The van der Waals surface area contributed by atoms with Crippen LogP contribution >= 0.6 is 23.8 Å². The topological polar surface area (TPSA) is 71.6 Å². The zero-order valence-electron chi connectivity index (χ0n) is 15.2. The summed E-state index contributed by atoms with van der Waals surface area (Å²) >= 11 is 11.2. The van der Waals surface area contributed by atoms with Crippen molar-refractivity contribution in [3.05, 3.63) is 28.3 Å². The smallest absolute Gasteiger partial charge is 0.276 e. The van der Waals surface area contributed by atoms with Crippen LogP contribution < -0.4 is 20.9 Å². The maximum absolute atomic E-state index is 11.9. The lowest BCUT2D eigenvalue weighted by Crippen LogP contribution is -2.50. The molecule has 6 nitrogen and oxygen atoms in total. The van der Waals surface area contributed by atoms with Crippen molar-refractivity contribution in [3.8, 4) is 5.75 Å². The van der Waals surface area contributed by atoms with Crippen molar-refractivity contribution in [2.75, 3.05) is 20.3 Å². The van der Waals surface area contributed by atoms with Gasteiger partial charge >= 0.3 is 0 Å². The minimum absolute atomic E-state index is 0.0313. The molecule has 0 saturated carbocycles. The Morgan fingerprint density at radius 3 is 2.56 bits per heavy atom. The molecule has 25 heavy (non-hydrogen) atoms. The van der Waals surface area contributed by atoms with Gasteiger partial charge in [-0.1, -0.05) is 25.4 Å². The Balaban J connectivity index is 2.52. The molecule has 0 radical (unpaired) electrons. The van der Waals surface area contributed by atoms with Crippen LogP contribution in [0.4, 0.5) is 0 Å². The number of rotatable bonds is 7. The molecule has 0 unspecified atom stereocenters. The summed E-state index contributed by atoms with van der Waals surface area (Å²) in [6.45, 7) is 8.27. The second-order valence-corrected chi connectivity index (χ2v) is 6.90. The molecule has 0 heterocycles. The predicted molar refractivity (Wildman–Crippen MR) is 104 cm³/mol. The number of benzene rings is 1. The van der Waals surface area contributed by atoms with Gasteiger partial charge in [-0.3, -0.25) is 15.6 Å². The largest absolute Gasteiger partial charge is 0.483 e. The number of hydrogen-bond donors (Lipinski definition) is 3. The van der Waals surface area contributed by atoms with Crippen molar-refractivity contribution in [1.82, 2.24) is 16.2 Å². The summed E-state index contributed by atoms with van der Waals surface area (Å²) in [6, 6.07) is 3.75. The van der Waals surface area contributed by atoms with E-state index in [1.807, 2.05) is 39.8 Å². The van der Waals surface area contributed by atoms with Gasteiger partial charge in [0.1, 0.15) is 5.75 Å². The molecule has 1 aromatic carbocycles. The average molecular weight is 388 g/mol. The first-order valence-corrected chi connectivity index (χ1v) is 8.80. The molecule has 0 aliphatic rings. The van der Waals surface area contributed by atoms with E-state index >= 15 is 0 Å². The van der Waals surface area contributed by atoms with Crippen LogP contribution in [0, 0.1) is 6.92 Å². The zero-order valence-corrected chi connectivity index (χ0v) is 16.8. The fourth-order valence-corrected chi connectivity index (χ4v) is 2.53. The van der Waals surface area contributed by atoms with E-state index in [-0.39, 0.29) is 24.5 Å². The van der Waals surface area contributed by atoms with Crippen molar-refractivity contribution in [1.29, 1.82) is 0 Å². The molecule has 0 spiro atoms. The zero-order chi connectivity index (χ0) is 19.0. The molecule has 8 heteroatoms. The van der Waals surface area contributed by atoms with E-state index in [0.29, 0.717) is 22.5 Å². The van der Waals surface area contributed by atoms with Gasteiger partial charge in [-0.25, -0.2) is 0 Å². The van der Waals surface area contributed by atoms with Crippen molar-refractivity contribution in [2.24, 2.45) is 0 Å². The van der Waals surface area contributed by atoms with E-state index in [0.717, 1.165) is 11.1 Å². The quantitative estimate of drug-likeness (QED) is 0.493. The normalized spacial score (nSPS) is 11.8. The molecule has 3 N–H and O–H groups in total. The highest BCUT2D eigenvalue weighted by Gasteiger charge is 2.13. The molecule has 1 amide bonds. The van der Waals surface area contributed by atoms with E-state index in [4.69, 9.17) is 33.3 Å². The highest BCUT2D eigenvalue weighted by molar-refractivity contribution is 7.80. The van der Waals surface area contributed by atoms with E-state index < -0.39 is 0 Å². The third kappa shape index (κ3) is 7.46. The van der Waals surface area contributed by atoms with Gasteiger partial charge < -0.3 is 14.8 Å². The highest BCUT2D eigenvalue weighted by Crippen LogP contribution is 2.31. The van der Waals surface area contributed by atoms with E-state index in [2.05, 4.69) is 16.2 Å². The second-order valence-electron chi connectivity index (χ2n) is 6.09. The predicted octanol–water partition coefficient (Wildman–Crippen LogP) is 2.68. The van der Waals surface area contributed by atoms with E-state index in [9.17, 15) is 4.79 Å². The fourth-order valence-electron chi connectivity index (χ4n) is 2.10. The number of carbonyl (C=O) groups is 1. The minimum Gasteiger partial charge on any atom is -0.483 e. The van der Waals surface area contributed by atoms with Gasteiger partial charge in [0.2, 0.25) is 0 Å². The van der Waals surface area contributed by atoms with E-state index in [1.165, 1.54) is 0 Å². The van der Waals surface area contributed by atoms with Crippen molar-refractivity contribution >= 4 is 34.8 Å². The molecule has 0 aromatic heterocycles. The number of halogens is 1. The minimum atomic E-state index is -0.342. The van der Waals surface area contributed by atoms with Gasteiger partial charge in [-0.05, 0) is 55.2 Å².